The molecule has 0 spiro atoms. The molecule has 0 N–H and O–H groups in total. The van der Waals surface area contributed by atoms with E-state index in [1.165, 1.54) is 112 Å². The molecule has 0 aliphatic carbocycles. The Balaban J connectivity index is 1.39. The molecule has 6 nitrogen and oxygen atoms in total. The van der Waals surface area contributed by atoms with Crippen LogP contribution in [0.3, 0.4) is 0 Å². The maximum Gasteiger partial charge on any atom is 0.318 e. The Bertz CT molecular complexity index is 1740. The lowest BCUT2D eigenvalue weighted by atomic mass is 9.85. The van der Waals surface area contributed by atoms with E-state index in [9.17, 15) is 9.59 Å². The van der Waals surface area contributed by atoms with Gasteiger partial charge in [-0.2, -0.15) is 0 Å². The fourth-order valence-electron chi connectivity index (χ4n) is 8.47. The van der Waals surface area contributed by atoms with Crippen molar-refractivity contribution in [2.45, 2.75) is 205 Å². The standard InChI is InChI=1S/C50H76N2O4S4/c1-9-17-21-35(13-5)31-39-25-27-43-47(41(39)33-37(15-7)23-19-11-3)51-49(57-43)59-55-45(53)29-30-46(54)56-60-50-52-48-42(34-38(16-8)24-20-12-4)40(26-28-44(48)58-50)32-36(14-6)22-18-10-2/h25-28,35-38H,9-24,29-34H2,1-8H3. The van der Waals surface area contributed by atoms with Crippen LogP contribution in [0.2, 0.25) is 0 Å². The van der Waals surface area contributed by atoms with Crippen molar-refractivity contribution in [3.63, 3.8) is 0 Å². The van der Waals surface area contributed by atoms with Gasteiger partial charge in [-0.25, -0.2) is 9.97 Å². The first kappa shape index (κ1) is 50.5. The van der Waals surface area contributed by atoms with Gasteiger partial charge in [-0.1, -0.05) is 170 Å². The number of carbonyl (C=O) groups excluding carboxylic acids is 2. The van der Waals surface area contributed by atoms with E-state index in [0.29, 0.717) is 23.7 Å². The Hall–Kier alpha value is -2.14. The van der Waals surface area contributed by atoms with Gasteiger partial charge in [-0.3, -0.25) is 9.59 Å². The van der Waals surface area contributed by atoms with Gasteiger partial charge in [0.15, 0.2) is 8.68 Å². The Morgan fingerprint density at radius 2 is 0.850 bits per heavy atom. The first-order valence-electron chi connectivity index (χ1n) is 23.8. The van der Waals surface area contributed by atoms with Crippen LogP contribution in [0.4, 0.5) is 0 Å². The number of nitrogens with zero attached hydrogens (tertiary/aromatic N) is 2. The molecule has 0 saturated heterocycles. The third-order valence-electron chi connectivity index (χ3n) is 12.6. The molecule has 2 aromatic heterocycles. The molecule has 2 aromatic carbocycles. The average Bonchev–Trinajstić information content (AvgIpc) is 3.89. The highest BCUT2D eigenvalue weighted by atomic mass is 32.2. The summed E-state index contributed by atoms with van der Waals surface area (Å²) < 4.78 is 14.9. The lowest BCUT2D eigenvalue weighted by Gasteiger charge is -2.21. The van der Waals surface area contributed by atoms with Crippen LogP contribution in [0.1, 0.15) is 193 Å². The summed E-state index contributed by atoms with van der Waals surface area (Å²) in [6, 6.07) is 9.09. The van der Waals surface area contributed by atoms with Crippen molar-refractivity contribution in [3.8, 4) is 0 Å². The van der Waals surface area contributed by atoms with Gasteiger partial charge in [0.05, 0.1) is 33.3 Å². The maximum absolute atomic E-state index is 12.9. The van der Waals surface area contributed by atoms with Crippen LogP contribution in [0.5, 0.6) is 0 Å². The number of unbranched alkanes of at least 4 members (excludes halogenated alkanes) is 4. The number of thiazole rings is 2. The lowest BCUT2D eigenvalue weighted by molar-refractivity contribution is -0.139. The third-order valence-corrected chi connectivity index (χ3v) is 16.2. The van der Waals surface area contributed by atoms with Crippen LogP contribution in [-0.2, 0) is 43.6 Å². The summed E-state index contributed by atoms with van der Waals surface area (Å²) in [6.45, 7) is 18.4. The molecule has 0 aliphatic heterocycles. The van der Waals surface area contributed by atoms with Gasteiger partial charge < -0.3 is 8.37 Å². The second kappa shape index (κ2) is 27.8. The number of carbonyl (C=O) groups is 2. The summed E-state index contributed by atoms with van der Waals surface area (Å²) in [7, 11) is 0. The summed E-state index contributed by atoms with van der Waals surface area (Å²) >= 11 is 5.18. The van der Waals surface area contributed by atoms with E-state index < -0.39 is 11.9 Å². The first-order valence-corrected chi connectivity index (χ1v) is 26.9. The van der Waals surface area contributed by atoms with Crippen molar-refractivity contribution in [2.24, 2.45) is 23.7 Å². The Labute approximate surface area is 380 Å². The van der Waals surface area contributed by atoms with Crippen LogP contribution in [0.15, 0.2) is 32.9 Å². The molecule has 60 heavy (non-hydrogen) atoms. The molecule has 4 aromatic rings. The molecule has 4 unspecified atom stereocenters. The molecule has 4 rings (SSSR count). The van der Waals surface area contributed by atoms with Gasteiger partial charge in [0.2, 0.25) is 0 Å². The Morgan fingerprint density at radius 1 is 0.517 bits per heavy atom. The van der Waals surface area contributed by atoms with E-state index in [1.807, 2.05) is 0 Å². The highest BCUT2D eigenvalue weighted by molar-refractivity contribution is 7.97. The predicted molar refractivity (Wildman–Crippen MR) is 260 cm³/mol. The third kappa shape index (κ3) is 15.9. The van der Waals surface area contributed by atoms with Gasteiger partial charge in [0.1, 0.15) is 24.1 Å². The highest BCUT2D eigenvalue weighted by Gasteiger charge is 2.22. The molecule has 334 valence electrons. The predicted octanol–water partition coefficient (Wildman–Crippen LogP) is 16.5. The summed E-state index contributed by atoms with van der Waals surface area (Å²) in [4.78, 5) is 35.9. The van der Waals surface area contributed by atoms with E-state index in [-0.39, 0.29) is 12.8 Å². The van der Waals surface area contributed by atoms with Crippen molar-refractivity contribution in [1.29, 1.82) is 0 Å². The van der Waals surface area contributed by atoms with Crippen LogP contribution in [0, 0.1) is 23.7 Å². The minimum Gasteiger partial charge on any atom is -0.383 e. The normalized spacial score (nSPS) is 13.8. The fourth-order valence-corrected chi connectivity index (χ4v) is 11.7. The van der Waals surface area contributed by atoms with E-state index in [4.69, 9.17) is 18.3 Å². The van der Waals surface area contributed by atoms with Gasteiger partial charge in [-0.15, -0.1) is 22.7 Å². The van der Waals surface area contributed by atoms with Crippen molar-refractivity contribution in [1.82, 2.24) is 9.97 Å². The lowest BCUT2D eigenvalue weighted by Crippen LogP contribution is -2.10. The van der Waals surface area contributed by atoms with E-state index in [1.54, 1.807) is 22.7 Å². The number of hydrogen-bond donors (Lipinski definition) is 0. The zero-order valence-electron chi connectivity index (χ0n) is 38.3. The summed E-state index contributed by atoms with van der Waals surface area (Å²) in [5.41, 5.74) is 7.76. The van der Waals surface area contributed by atoms with E-state index in [2.05, 4.69) is 79.7 Å². The average molecular weight is 897 g/mol. The minimum absolute atomic E-state index is 0.0569. The summed E-state index contributed by atoms with van der Waals surface area (Å²) in [5, 5.41) is 0. The van der Waals surface area contributed by atoms with Crippen molar-refractivity contribution in [2.75, 3.05) is 0 Å². The topological polar surface area (TPSA) is 78.4 Å². The van der Waals surface area contributed by atoms with Gasteiger partial charge in [-0.05, 0) is 83.7 Å². The van der Waals surface area contributed by atoms with Crippen LogP contribution in [-0.4, -0.2) is 21.9 Å². The van der Waals surface area contributed by atoms with Gasteiger partial charge >= 0.3 is 11.9 Å². The monoisotopic (exact) mass is 896 g/mol. The first-order chi connectivity index (χ1) is 29.2. The molecular formula is C50H76N2O4S4. The zero-order valence-corrected chi connectivity index (χ0v) is 41.6. The number of hydrogen-bond acceptors (Lipinski definition) is 10. The van der Waals surface area contributed by atoms with Crippen LogP contribution < -0.4 is 0 Å². The summed E-state index contributed by atoms with van der Waals surface area (Å²) in [5.74, 6) is 1.71. The highest BCUT2D eigenvalue weighted by Crippen LogP contribution is 2.38. The molecule has 0 radical (unpaired) electrons. The summed E-state index contributed by atoms with van der Waals surface area (Å²) in [6.07, 6.45) is 23.8. The van der Waals surface area contributed by atoms with Crippen molar-refractivity contribution >= 4 is 79.1 Å². The zero-order chi connectivity index (χ0) is 43.3. The van der Waals surface area contributed by atoms with Crippen LogP contribution in [0.25, 0.3) is 20.4 Å². The van der Waals surface area contributed by atoms with Crippen LogP contribution >= 0.6 is 46.8 Å². The molecule has 0 fully saturated rings. The number of aromatic nitrogens is 2. The smallest absolute Gasteiger partial charge is 0.318 e. The van der Waals surface area contributed by atoms with Crippen molar-refractivity contribution < 1.29 is 18.0 Å². The van der Waals surface area contributed by atoms with Gasteiger partial charge in [0.25, 0.3) is 0 Å². The largest absolute Gasteiger partial charge is 0.383 e. The van der Waals surface area contributed by atoms with Gasteiger partial charge in [0, 0.05) is 0 Å². The molecule has 0 bridgehead atoms. The maximum atomic E-state index is 12.9. The number of rotatable bonds is 31. The quantitative estimate of drug-likeness (QED) is 0.0462. The molecule has 4 atom stereocenters. The second-order valence-corrected chi connectivity index (χ2v) is 21.1. The van der Waals surface area contributed by atoms with E-state index >= 15 is 0 Å². The SMILES string of the molecule is CCCCC(CC)Cc1ccc2sc(SOC(=O)CCC(=O)OSc3nc4c(CC(CC)CCCC)c(CC(CC)CCCC)ccc4s3)nc2c1CC(CC)CCCC. The fraction of sp³-hybridized carbons (Fsp3) is 0.680. The molecule has 2 heterocycles. The van der Waals surface area contributed by atoms with Crippen molar-refractivity contribution in [3.05, 3.63) is 46.5 Å². The second-order valence-electron chi connectivity index (χ2n) is 17.1. The molecular weight excluding hydrogens is 821 g/mol. The minimum atomic E-state index is -0.454. The number of fused-ring (bicyclic) bond motifs is 2. The Kier molecular flexibility index (Phi) is 23.4. The Morgan fingerprint density at radius 3 is 1.17 bits per heavy atom. The molecule has 10 heteroatoms. The molecule has 0 amide bonds. The molecule has 0 saturated carbocycles. The van der Waals surface area contributed by atoms with E-state index in [0.717, 1.165) is 91.7 Å². The number of benzene rings is 2. The molecule has 0 aliphatic rings.